The first-order valence-corrected chi connectivity index (χ1v) is 9.20. The Bertz CT molecular complexity index is 1290. The van der Waals surface area contributed by atoms with E-state index in [1.807, 2.05) is 0 Å². The van der Waals surface area contributed by atoms with Crippen LogP contribution in [0.25, 0.3) is 28.1 Å². The number of aromatic nitrogens is 6. The number of imidazole rings is 1. The van der Waals surface area contributed by atoms with Gasteiger partial charge in [0.2, 0.25) is 0 Å². The number of rotatable bonds is 2. The van der Waals surface area contributed by atoms with Crippen LogP contribution < -0.4 is 5.69 Å². The second-order valence-electron chi connectivity index (χ2n) is 6.88. The molecular weight excluding hydrogens is 384 g/mol. The topological polar surface area (TPSA) is 118 Å². The smallest absolute Gasteiger partial charge is 0.327 e. The summed E-state index contributed by atoms with van der Waals surface area (Å²) in [5.74, 6) is 0.142. The molecule has 142 valence electrons. The lowest BCUT2D eigenvalue weighted by Crippen LogP contribution is -2.34. The molecule has 2 N–H and O–H groups in total. The zero-order valence-electron chi connectivity index (χ0n) is 14.5. The van der Waals surface area contributed by atoms with E-state index in [2.05, 4.69) is 20.1 Å². The predicted molar refractivity (Wildman–Crippen MR) is 101 cm³/mol. The first kappa shape index (κ1) is 17.1. The minimum Gasteiger partial charge on any atom is -0.385 e. The maximum atomic E-state index is 12.5. The van der Waals surface area contributed by atoms with E-state index in [0.29, 0.717) is 40.4 Å². The number of carbonyl (C=O) groups excluding carboxylic acids is 1. The lowest BCUT2D eigenvalue weighted by Gasteiger charge is -2.25. The molecule has 1 unspecified atom stereocenters. The Hall–Kier alpha value is -3.04. The van der Waals surface area contributed by atoms with Crippen LogP contribution in [0.1, 0.15) is 25.3 Å². The van der Waals surface area contributed by atoms with Crippen molar-refractivity contribution in [1.29, 1.82) is 0 Å². The normalized spacial score (nSPS) is 20.3. The molecule has 0 radical (unpaired) electrons. The lowest BCUT2D eigenvalue weighted by atomic mass is 9.92. The number of nitrogens with zero attached hydrogens (tertiary/aromatic N) is 5. The number of Topliss-reactive ketones (excluding diaryl/α,β-unsaturated/α-hetero) is 1. The molecule has 2 atom stereocenters. The number of aliphatic hydroxyl groups excluding tert-OH is 1. The molecule has 0 bridgehead atoms. The second-order valence-corrected chi connectivity index (χ2v) is 7.32. The molecule has 0 amide bonds. The molecule has 0 aliphatic heterocycles. The van der Waals surface area contributed by atoms with Gasteiger partial charge < -0.3 is 10.1 Å². The molecule has 28 heavy (non-hydrogen) atoms. The molecule has 4 heterocycles. The zero-order valence-corrected chi connectivity index (χ0v) is 15.3. The molecule has 5 rings (SSSR count). The van der Waals surface area contributed by atoms with E-state index in [9.17, 15) is 14.7 Å². The second kappa shape index (κ2) is 6.25. The van der Waals surface area contributed by atoms with E-state index < -0.39 is 6.10 Å². The lowest BCUT2D eigenvalue weighted by molar-refractivity contribution is -0.130. The quantitative estimate of drug-likeness (QED) is 0.531. The highest BCUT2D eigenvalue weighted by molar-refractivity contribution is 6.31. The summed E-state index contributed by atoms with van der Waals surface area (Å²) in [6.45, 7) is 0. The number of nitrogens with one attached hydrogen (secondary N) is 1. The molecule has 4 aromatic rings. The standard InChI is InChI=1S/C18H15ClN6O3/c19-9-3-4-24-13(5-9)11(7-21-24)16-20-8-12-17(23-16)25(18(28)22-12)10-1-2-14(26)15(27)6-10/h3-5,7-8,10,14,26H,1-2,6H2,(H,22,28)/t10?,14-/m1/s1. The van der Waals surface area contributed by atoms with Crippen LogP contribution in [0.2, 0.25) is 5.02 Å². The van der Waals surface area contributed by atoms with Gasteiger partial charge in [0.05, 0.1) is 23.5 Å². The summed E-state index contributed by atoms with van der Waals surface area (Å²) in [4.78, 5) is 36.1. The highest BCUT2D eigenvalue weighted by Gasteiger charge is 2.30. The van der Waals surface area contributed by atoms with Crippen LogP contribution in [0.4, 0.5) is 0 Å². The molecule has 1 fully saturated rings. The van der Waals surface area contributed by atoms with Gasteiger partial charge in [-0.3, -0.25) is 9.36 Å². The Morgan fingerprint density at radius 1 is 1.25 bits per heavy atom. The monoisotopic (exact) mass is 398 g/mol. The minimum absolute atomic E-state index is 0.0969. The molecule has 0 aromatic carbocycles. The minimum atomic E-state index is -0.953. The van der Waals surface area contributed by atoms with Crippen LogP contribution in [0.15, 0.2) is 35.5 Å². The van der Waals surface area contributed by atoms with Gasteiger partial charge in [-0.25, -0.2) is 19.3 Å². The Morgan fingerprint density at radius 3 is 2.93 bits per heavy atom. The van der Waals surface area contributed by atoms with Gasteiger partial charge in [0.25, 0.3) is 0 Å². The van der Waals surface area contributed by atoms with Crippen molar-refractivity contribution in [3.63, 3.8) is 0 Å². The molecule has 0 spiro atoms. The summed E-state index contributed by atoms with van der Waals surface area (Å²) in [6.07, 6.45) is 4.92. The van der Waals surface area contributed by atoms with Gasteiger partial charge in [0.15, 0.2) is 17.3 Å². The SMILES string of the molecule is O=C1CC(n2c(=O)[nH]c3cnc(-c4cnn5ccc(Cl)cc45)nc32)CC[C@H]1O. The van der Waals surface area contributed by atoms with Crippen LogP contribution in [0.3, 0.4) is 0 Å². The number of hydrogen-bond acceptors (Lipinski definition) is 6. The third-order valence-electron chi connectivity index (χ3n) is 5.13. The number of aliphatic hydroxyl groups is 1. The van der Waals surface area contributed by atoms with E-state index in [1.54, 1.807) is 35.2 Å². The molecule has 10 heteroatoms. The van der Waals surface area contributed by atoms with Crippen molar-refractivity contribution in [3.05, 3.63) is 46.2 Å². The average Bonchev–Trinajstić information content (AvgIpc) is 3.23. The molecule has 1 saturated carbocycles. The van der Waals surface area contributed by atoms with Crippen molar-refractivity contribution >= 4 is 34.1 Å². The fourth-order valence-corrected chi connectivity index (χ4v) is 3.87. The molecular formula is C18H15ClN6O3. The highest BCUT2D eigenvalue weighted by Crippen LogP contribution is 2.29. The summed E-state index contributed by atoms with van der Waals surface area (Å²) in [5.41, 5.74) is 1.98. The fraction of sp³-hybridized carbons (Fsp3) is 0.278. The molecule has 1 aliphatic rings. The maximum Gasteiger partial charge on any atom is 0.327 e. The number of ketones is 1. The van der Waals surface area contributed by atoms with Gasteiger partial charge in [-0.05, 0) is 25.0 Å². The van der Waals surface area contributed by atoms with E-state index >= 15 is 0 Å². The summed E-state index contributed by atoms with van der Waals surface area (Å²) >= 11 is 6.10. The first-order chi connectivity index (χ1) is 13.5. The maximum absolute atomic E-state index is 12.5. The van der Waals surface area contributed by atoms with Gasteiger partial charge in [-0.1, -0.05) is 11.6 Å². The Labute approximate surface area is 162 Å². The number of fused-ring (bicyclic) bond motifs is 2. The van der Waals surface area contributed by atoms with Crippen LogP contribution in [0, 0.1) is 0 Å². The van der Waals surface area contributed by atoms with E-state index in [0.717, 1.165) is 5.52 Å². The Morgan fingerprint density at radius 2 is 2.11 bits per heavy atom. The fourth-order valence-electron chi connectivity index (χ4n) is 3.71. The first-order valence-electron chi connectivity index (χ1n) is 8.82. The zero-order chi connectivity index (χ0) is 19.4. The third kappa shape index (κ3) is 2.62. The largest absolute Gasteiger partial charge is 0.385 e. The summed E-state index contributed by atoms with van der Waals surface area (Å²) in [7, 11) is 0. The van der Waals surface area contributed by atoms with E-state index in [4.69, 9.17) is 11.6 Å². The van der Waals surface area contributed by atoms with Gasteiger partial charge in [0.1, 0.15) is 11.6 Å². The third-order valence-corrected chi connectivity index (χ3v) is 5.36. The van der Waals surface area contributed by atoms with Crippen molar-refractivity contribution in [2.24, 2.45) is 0 Å². The number of H-pyrrole nitrogens is 1. The Kier molecular flexibility index (Phi) is 3.81. The molecule has 9 nitrogen and oxygen atoms in total. The van der Waals surface area contributed by atoms with Gasteiger partial charge in [-0.15, -0.1) is 0 Å². The van der Waals surface area contributed by atoms with Gasteiger partial charge >= 0.3 is 5.69 Å². The molecule has 1 aliphatic carbocycles. The van der Waals surface area contributed by atoms with Crippen LogP contribution >= 0.6 is 11.6 Å². The summed E-state index contributed by atoms with van der Waals surface area (Å²) < 4.78 is 3.16. The average molecular weight is 399 g/mol. The van der Waals surface area contributed by atoms with E-state index in [1.165, 1.54) is 4.57 Å². The van der Waals surface area contributed by atoms with Crippen molar-refractivity contribution in [3.8, 4) is 11.4 Å². The summed E-state index contributed by atoms with van der Waals surface area (Å²) in [6, 6.07) is 3.15. The van der Waals surface area contributed by atoms with Crippen molar-refractivity contribution in [1.82, 2.24) is 29.1 Å². The van der Waals surface area contributed by atoms with Gasteiger partial charge in [-0.2, -0.15) is 5.10 Å². The number of aromatic amines is 1. The van der Waals surface area contributed by atoms with Crippen LogP contribution in [-0.2, 0) is 4.79 Å². The van der Waals surface area contributed by atoms with Crippen molar-refractivity contribution in [2.75, 3.05) is 0 Å². The highest BCUT2D eigenvalue weighted by atomic mass is 35.5. The predicted octanol–water partition coefficient (Wildman–Crippen LogP) is 1.74. The number of carbonyl (C=O) groups is 1. The van der Waals surface area contributed by atoms with Crippen LogP contribution in [0.5, 0.6) is 0 Å². The number of hydrogen-bond donors (Lipinski definition) is 2. The van der Waals surface area contributed by atoms with Gasteiger partial charge in [0, 0.05) is 23.7 Å². The molecule has 4 aromatic heterocycles. The van der Waals surface area contributed by atoms with Crippen LogP contribution in [-0.4, -0.2) is 46.1 Å². The Balaban J connectivity index is 1.66. The molecule has 0 saturated heterocycles. The van der Waals surface area contributed by atoms with Crippen molar-refractivity contribution < 1.29 is 9.90 Å². The van der Waals surface area contributed by atoms with Crippen molar-refractivity contribution in [2.45, 2.75) is 31.4 Å². The summed E-state index contributed by atoms with van der Waals surface area (Å²) in [5, 5.41) is 14.5. The van der Waals surface area contributed by atoms with E-state index in [-0.39, 0.29) is 23.9 Å². The number of pyridine rings is 1. The number of halogens is 1.